The molecule has 0 aromatic heterocycles. The summed E-state index contributed by atoms with van der Waals surface area (Å²) >= 11 is 3.32. The number of ether oxygens (including phenoxy) is 2. The fourth-order valence-corrected chi connectivity index (χ4v) is 3.31. The van der Waals surface area contributed by atoms with E-state index >= 15 is 0 Å². The molecule has 1 aliphatic heterocycles. The van der Waals surface area contributed by atoms with Crippen LogP contribution in [0, 0.1) is 5.92 Å². The van der Waals surface area contributed by atoms with Gasteiger partial charge in [0.15, 0.2) is 6.61 Å². The minimum Gasteiger partial charge on any atom is -0.494 e. The largest absolute Gasteiger partial charge is 0.494 e. The number of nitrogens with zero attached hydrogens (tertiary/aromatic N) is 1. The molecular weight excluding hydrogens is 452 g/mol. The van der Waals surface area contributed by atoms with Gasteiger partial charge in [0, 0.05) is 28.8 Å². The molecule has 0 saturated carbocycles. The number of carbonyl (C=O) groups is 3. The van der Waals surface area contributed by atoms with Crippen LogP contribution in [0.5, 0.6) is 5.75 Å². The minimum atomic E-state index is -0.603. The van der Waals surface area contributed by atoms with Crippen LogP contribution < -0.4 is 15.0 Å². The number of rotatable bonds is 8. The average Bonchev–Trinajstić information content (AvgIpc) is 3.14. The van der Waals surface area contributed by atoms with E-state index < -0.39 is 24.4 Å². The van der Waals surface area contributed by atoms with Crippen LogP contribution in [-0.2, 0) is 19.1 Å². The Morgan fingerprint density at radius 3 is 2.50 bits per heavy atom. The molecule has 1 N–H and O–H groups in total. The third-order valence-electron chi connectivity index (χ3n) is 4.55. The molecule has 8 heteroatoms. The molecule has 0 unspecified atom stereocenters. The zero-order valence-electron chi connectivity index (χ0n) is 16.6. The summed E-state index contributed by atoms with van der Waals surface area (Å²) in [5.41, 5.74) is 1.31. The predicted octanol–water partition coefficient (Wildman–Crippen LogP) is 3.77. The Labute approximate surface area is 183 Å². The van der Waals surface area contributed by atoms with Crippen molar-refractivity contribution < 1.29 is 23.9 Å². The van der Waals surface area contributed by atoms with Gasteiger partial charge in [-0.1, -0.05) is 22.9 Å². The van der Waals surface area contributed by atoms with Gasteiger partial charge in [-0.25, -0.2) is 0 Å². The van der Waals surface area contributed by atoms with Gasteiger partial charge in [-0.15, -0.1) is 0 Å². The molecule has 0 radical (unpaired) electrons. The third-order valence-corrected chi connectivity index (χ3v) is 5.08. The van der Waals surface area contributed by atoms with Crippen molar-refractivity contribution in [3.63, 3.8) is 0 Å². The molecule has 0 bridgehead atoms. The second-order valence-electron chi connectivity index (χ2n) is 6.91. The summed E-state index contributed by atoms with van der Waals surface area (Å²) in [4.78, 5) is 38.2. The van der Waals surface area contributed by atoms with Crippen LogP contribution in [-0.4, -0.2) is 37.5 Å². The molecule has 0 spiro atoms. The molecule has 158 valence electrons. The lowest BCUT2D eigenvalue weighted by Crippen LogP contribution is -2.28. The molecule has 30 heavy (non-hydrogen) atoms. The van der Waals surface area contributed by atoms with Crippen molar-refractivity contribution in [3.05, 3.63) is 53.0 Å². The summed E-state index contributed by atoms with van der Waals surface area (Å²) in [7, 11) is 0. The van der Waals surface area contributed by atoms with Crippen molar-refractivity contribution in [1.82, 2.24) is 0 Å². The third kappa shape index (κ3) is 5.82. The molecule has 1 atom stereocenters. The second kappa shape index (κ2) is 10.2. The smallest absolute Gasteiger partial charge is 0.311 e. The SMILES string of the molecule is CCCOc1ccc(N2C[C@@H](C(=O)OCC(=O)Nc3ccc(Br)cc3)CC2=O)cc1. The lowest BCUT2D eigenvalue weighted by molar-refractivity contribution is -0.151. The van der Waals surface area contributed by atoms with Gasteiger partial charge >= 0.3 is 5.97 Å². The summed E-state index contributed by atoms with van der Waals surface area (Å²) in [5.74, 6) is -1.01. The Morgan fingerprint density at radius 2 is 1.83 bits per heavy atom. The van der Waals surface area contributed by atoms with E-state index in [4.69, 9.17) is 9.47 Å². The highest BCUT2D eigenvalue weighted by Crippen LogP contribution is 2.27. The Kier molecular flexibility index (Phi) is 7.46. The lowest BCUT2D eigenvalue weighted by Gasteiger charge is -2.17. The van der Waals surface area contributed by atoms with Crippen LogP contribution in [0.4, 0.5) is 11.4 Å². The number of anilines is 2. The summed E-state index contributed by atoms with van der Waals surface area (Å²) in [6, 6.07) is 14.2. The molecule has 1 saturated heterocycles. The molecule has 2 amide bonds. The van der Waals surface area contributed by atoms with Crippen molar-refractivity contribution in [2.24, 2.45) is 5.92 Å². The second-order valence-corrected chi connectivity index (χ2v) is 7.83. The predicted molar refractivity (Wildman–Crippen MR) is 116 cm³/mol. The van der Waals surface area contributed by atoms with E-state index in [1.165, 1.54) is 0 Å². The number of carbonyl (C=O) groups excluding carboxylic acids is 3. The summed E-state index contributed by atoms with van der Waals surface area (Å²) in [5, 5.41) is 2.65. The first-order valence-electron chi connectivity index (χ1n) is 9.71. The van der Waals surface area contributed by atoms with Crippen LogP contribution in [0.2, 0.25) is 0 Å². The van der Waals surface area contributed by atoms with Gasteiger partial charge in [-0.2, -0.15) is 0 Å². The Bertz CT molecular complexity index is 899. The van der Waals surface area contributed by atoms with Gasteiger partial charge in [0.25, 0.3) is 5.91 Å². The Hall–Kier alpha value is -2.87. The maximum Gasteiger partial charge on any atom is 0.311 e. The highest BCUT2D eigenvalue weighted by molar-refractivity contribution is 9.10. The van der Waals surface area contributed by atoms with Crippen molar-refractivity contribution in [3.8, 4) is 5.75 Å². The van der Waals surface area contributed by atoms with Crippen LogP contribution >= 0.6 is 15.9 Å². The molecule has 1 heterocycles. The van der Waals surface area contributed by atoms with Crippen molar-refractivity contribution in [2.75, 3.05) is 30.0 Å². The number of benzene rings is 2. The fourth-order valence-electron chi connectivity index (χ4n) is 3.04. The zero-order valence-corrected chi connectivity index (χ0v) is 18.2. The highest BCUT2D eigenvalue weighted by Gasteiger charge is 2.36. The first-order valence-corrected chi connectivity index (χ1v) is 10.5. The number of hydrogen-bond donors (Lipinski definition) is 1. The van der Waals surface area contributed by atoms with Gasteiger partial charge in [-0.05, 0) is 55.0 Å². The van der Waals surface area contributed by atoms with Crippen molar-refractivity contribution in [2.45, 2.75) is 19.8 Å². The molecule has 2 aromatic carbocycles. The molecule has 7 nitrogen and oxygen atoms in total. The van der Waals surface area contributed by atoms with E-state index in [1.807, 2.05) is 6.92 Å². The van der Waals surface area contributed by atoms with Gasteiger partial charge in [0.2, 0.25) is 5.91 Å². The first-order chi connectivity index (χ1) is 14.5. The molecular formula is C22H23BrN2O5. The molecule has 3 rings (SSSR count). The van der Waals surface area contributed by atoms with Gasteiger partial charge < -0.3 is 19.7 Å². The van der Waals surface area contributed by atoms with E-state index in [9.17, 15) is 14.4 Å². The van der Waals surface area contributed by atoms with E-state index in [2.05, 4.69) is 21.2 Å². The number of amides is 2. The van der Waals surface area contributed by atoms with Gasteiger partial charge in [0.1, 0.15) is 5.75 Å². The quantitative estimate of drug-likeness (QED) is 0.588. The maximum absolute atomic E-state index is 12.4. The lowest BCUT2D eigenvalue weighted by atomic mass is 10.1. The summed E-state index contributed by atoms with van der Waals surface area (Å²) < 4.78 is 11.6. The summed E-state index contributed by atoms with van der Waals surface area (Å²) in [6.07, 6.45) is 0.971. The van der Waals surface area contributed by atoms with E-state index in [-0.39, 0.29) is 18.9 Å². The van der Waals surface area contributed by atoms with Crippen LogP contribution in [0.3, 0.4) is 0 Å². The number of hydrogen-bond acceptors (Lipinski definition) is 5. The fraction of sp³-hybridized carbons (Fsp3) is 0.318. The van der Waals surface area contributed by atoms with Crippen molar-refractivity contribution >= 4 is 45.1 Å². The first kappa shape index (κ1) is 21.8. The normalized spacial score (nSPS) is 15.7. The molecule has 1 aliphatic rings. The molecule has 1 fully saturated rings. The number of esters is 1. The number of nitrogens with one attached hydrogen (secondary N) is 1. The molecule has 0 aliphatic carbocycles. The summed E-state index contributed by atoms with van der Waals surface area (Å²) in [6.45, 7) is 2.48. The maximum atomic E-state index is 12.4. The average molecular weight is 475 g/mol. The monoisotopic (exact) mass is 474 g/mol. The number of halogens is 1. The Balaban J connectivity index is 1.49. The van der Waals surface area contributed by atoms with Crippen molar-refractivity contribution in [1.29, 1.82) is 0 Å². The highest BCUT2D eigenvalue weighted by atomic mass is 79.9. The minimum absolute atomic E-state index is 0.0568. The van der Waals surface area contributed by atoms with E-state index in [1.54, 1.807) is 53.4 Å². The molecule has 2 aromatic rings. The topological polar surface area (TPSA) is 84.9 Å². The Morgan fingerprint density at radius 1 is 1.13 bits per heavy atom. The standard InChI is InChI=1S/C22H23BrN2O5/c1-2-11-29-19-9-7-18(8-10-19)25-13-15(12-21(25)27)22(28)30-14-20(26)24-17-5-3-16(23)4-6-17/h3-10,15H,2,11-14H2,1H3,(H,24,26)/t15-/m0/s1. The van der Waals surface area contributed by atoms with E-state index in [0.717, 1.165) is 16.6 Å². The van der Waals surface area contributed by atoms with Crippen LogP contribution in [0.25, 0.3) is 0 Å². The van der Waals surface area contributed by atoms with Gasteiger partial charge in [-0.3, -0.25) is 14.4 Å². The van der Waals surface area contributed by atoms with Crippen LogP contribution in [0.15, 0.2) is 53.0 Å². The van der Waals surface area contributed by atoms with Gasteiger partial charge in [0.05, 0.1) is 12.5 Å². The zero-order chi connectivity index (χ0) is 21.5. The van der Waals surface area contributed by atoms with E-state index in [0.29, 0.717) is 18.0 Å². The van der Waals surface area contributed by atoms with Crippen LogP contribution in [0.1, 0.15) is 19.8 Å².